The van der Waals surface area contributed by atoms with Crippen LogP contribution in [-0.2, 0) is 35.5 Å². The molecule has 5 rings (SSSR count). The Balaban J connectivity index is 1.96. The molecule has 1 atom stereocenters. The maximum absolute atomic E-state index is 5.73. The molecule has 0 saturated heterocycles. The van der Waals surface area contributed by atoms with Gasteiger partial charge in [-0.25, -0.2) is 0 Å². The van der Waals surface area contributed by atoms with Gasteiger partial charge in [-0.15, -0.1) is 0 Å². The number of benzene rings is 3. The molecule has 0 radical (unpaired) electrons. The molecule has 2 aliphatic carbocycles. The molecule has 1 unspecified atom stereocenters. The van der Waals surface area contributed by atoms with Crippen LogP contribution in [0.15, 0.2) is 81.2 Å². The van der Waals surface area contributed by atoms with Crippen molar-refractivity contribution >= 4 is 10.8 Å². The molecule has 216 valence electrons. The van der Waals surface area contributed by atoms with E-state index in [0.29, 0.717) is 11.8 Å². The van der Waals surface area contributed by atoms with Gasteiger partial charge in [-0.3, -0.25) is 0 Å². The molecule has 41 heavy (non-hydrogen) atoms. The number of hydrogen-bond donors (Lipinski definition) is 0. The van der Waals surface area contributed by atoms with Crippen LogP contribution < -0.4 is 6.54 Å². The second-order valence-electron chi connectivity index (χ2n) is 15.6. The number of rotatable bonds is 5. The van der Waals surface area contributed by atoms with Crippen molar-refractivity contribution in [2.75, 3.05) is 0 Å². The minimum atomic E-state index is -4.48. The predicted molar refractivity (Wildman–Crippen MR) is 180 cm³/mol. The molecule has 3 aromatic carbocycles. The molecule has 0 nitrogen and oxygen atoms in total. The molecular formula is C40H52Zr. The molecule has 1 heteroatoms. The normalized spacial score (nSPS) is 17.7. The van der Waals surface area contributed by atoms with Gasteiger partial charge in [0.25, 0.3) is 0 Å². The Morgan fingerprint density at radius 3 is 2.05 bits per heavy atom. The summed E-state index contributed by atoms with van der Waals surface area (Å²) in [4.78, 5) is 0. The van der Waals surface area contributed by atoms with Crippen molar-refractivity contribution in [3.05, 3.63) is 103 Å². The zero-order valence-corrected chi connectivity index (χ0v) is 30.1. The van der Waals surface area contributed by atoms with Crippen LogP contribution in [0.3, 0.4) is 0 Å². The molecule has 2 aliphatic rings. The summed E-state index contributed by atoms with van der Waals surface area (Å²) in [6.07, 6.45) is 3.59. The first kappa shape index (κ1) is 30.4. The molecule has 0 fully saturated rings. The van der Waals surface area contributed by atoms with Crippen molar-refractivity contribution in [3.63, 3.8) is 0 Å². The van der Waals surface area contributed by atoms with Crippen LogP contribution >= 0.6 is 0 Å². The van der Waals surface area contributed by atoms with Gasteiger partial charge in [0, 0.05) is 0 Å². The van der Waals surface area contributed by atoms with Crippen LogP contribution in [0.25, 0.3) is 11.1 Å². The zero-order chi connectivity index (χ0) is 30.1. The fourth-order valence-corrected chi connectivity index (χ4v) is 26.5. The van der Waals surface area contributed by atoms with Crippen LogP contribution in [0.4, 0.5) is 0 Å². The second-order valence-corrected chi connectivity index (χ2v) is 29.6. The molecular weight excluding hydrogens is 572 g/mol. The van der Waals surface area contributed by atoms with Crippen LogP contribution in [0.5, 0.6) is 0 Å². The quantitative estimate of drug-likeness (QED) is 0.208. The summed E-state index contributed by atoms with van der Waals surface area (Å²) < 4.78 is 11.7. The fraction of sp³-hybridized carbons (Fsp3) is 0.425. The minimum absolute atomic E-state index is 0.0110. The van der Waals surface area contributed by atoms with Crippen molar-refractivity contribution in [1.82, 2.24) is 0 Å². The SMILES string of the molecule is [CH2]=[Zr]([CH2]C)([C]1=C(C)C(C(C)C)=CC1C)([c]1ccccc1)[c]1c(C(C)(C)C)ccc2c1Cc1cc(C(C)(C)C)ccc1-2. The van der Waals surface area contributed by atoms with Gasteiger partial charge in [0.05, 0.1) is 0 Å². The van der Waals surface area contributed by atoms with Crippen molar-refractivity contribution < 1.29 is 18.3 Å². The Labute approximate surface area is 251 Å². The molecule has 0 amide bonds. The first-order chi connectivity index (χ1) is 19.0. The van der Waals surface area contributed by atoms with E-state index in [1.165, 1.54) is 42.2 Å². The van der Waals surface area contributed by atoms with Crippen LogP contribution in [-0.4, -0.2) is 4.21 Å². The van der Waals surface area contributed by atoms with E-state index in [1.807, 2.05) is 0 Å². The Morgan fingerprint density at radius 2 is 1.51 bits per heavy atom. The van der Waals surface area contributed by atoms with E-state index in [2.05, 4.69) is 143 Å². The van der Waals surface area contributed by atoms with Gasteiger partial charge in [-0.2, -0.15) is 0 Å². The summed E-state index contributed by atoms with van der Waals surface area (Å²) in [5.74, 6) is 0.911. The first-order valence-electron chi connectivity index (χ1n) is 15.9. The number of fused-ring (bicyclic) bond motifs is 3. The molecule has 0 saturated carbocycles. The second kappa shape index (κ2) is 9.98. The van der Waals surface area contributed by atoms with Gasteiger partial charge in [0.15, 0.2) is 0 Å². The topological polar surface area (TPSA) is 0 Å². The first-order valence-corrected chi connectivity index (χ1v) is 23.0. The maximum atomic E-state index is 5.73. The molecule has 0 heterocycles. The van der Waals surface area contributed by atoms with E-state index in [9.17, 15) is 0 Å². The van der Waals surface area contributed by atoms with Crippen molar-refractivity contribution in [2.45, 2.75) is 97.5 Å². The summed E-state index contributed by atoms with van der Waals surface area (Å²) >= 11 is -4.48. The molecule has 0 spiro atoms. The molecule has 0 N–H and O–H groups in total. The van der Waals surface area contributed by atoms with Gasteiger partial charge >= 0.3 is 253 Å². The third-order valence-electron chi connectivity index (χ3n) is 10.6. The third-order valence-corrected chi connectivity index (χ3v) is 28.3. The summed E-state index contributed by atoms with van der Waals surface area (Å²) in [6, 6.07) is 23.8. The van der Waals surface area contributed by atoms with E-state index >= 15 is 0 Å². The molecule has 3 aromatic rings. The van der Waals surface area contributed by atoms with Gasteiger partial charge < -0.3 is 0 Å². The monoisotopic (exact) mass is 622 g/mol. The Bertz CT molecular complexity index is 1640. The average Bonchev–Trinajstić information content (AvgIpc) is 3.43. The fourth-order valence-electron chi connectivity index (χ4n) is 8.51. The van der Waals surface area contributed by atoms with Crippen LogP contribution in [0.1, 0.15) is 98.4 Å². The molecule has 0 aromatic heterocycles. The summed E-state index contributed by atoms with van der Waals surface area (Å²) in [5, 5.41) is 0. The van der Waals surface area contributed by atoms with E-state index in [4.69, 9.17) is 4.21 Å². The Kier molecular flexibility index (Phi) is 7.39. The Hall–Kier alpha value is -2.11. The van der Waals surface area contributed by atoms with Gasteiger partial charge in [0.1, 0.15) is 0 Å². The number of hydrogen-bond acceptors (Lipinski definition) is 0. The third kappa shape index (κ3) is 4.52. The number of allylic oxidation sites excluding steroid dienone is 4. The van der Waals surface area contributed by atoms with E-state index < -0.39 is 18.3 Å². The van der Waals surface area contributed by atoms with E-state index in [1.54, 1.807) is 12.1 Å². The van der Waals surface area contributed by atoms with Crippen molar-refractivity contribution in [2.24, 2.45) is 11.8 Å². The standard InChI is InChI=1S/C21H25.C10H15.C6H5.C2H5.CH2.Zr/c1-20(2,3)16-7-9-18-14(12-16)11-15-13-17(21(4,5)6)8-10-19(15)18;1-7(2)10-6-8(3)5-9(10)4;1-2-4-6-5-3-1;1-2;;/h7-10,12H,11H2,1-6H3;6-8H,1-4H3;1-5H;1H2,2H3;1H2;. The van der Waals surface area contributed by atoms with E-state index in [0.717, 1.165) is 10.5 Å². The van der Waals surface area contributed by atoms with Crippen LogP contribution in [0.2, 0.25) is 4.13 Å². The molecule has 0 bridgehead atoms. The summed E-state index contributed by atoms with van der Waals surface area (Å²) in [6.45, 7) is 26.3. The molecule has 0 aliphatic heterocycles. The van der Waals surface area contributed by atoms with Crippen LogP contribution in [0, 0.1) is 11.8 Å². The van der Waals surface area contributed by atoms with Gasteiger partial charge in [-0.05, 0) is 0 Å². The Morgan fingerprint density at radius 1 is 0.878 bits per heavy atom. The predicted octanol–water partition coefficient (Wildman–Crippen LogP) is 9.87. The average molecular weight is 624 g/mol. The van der Waals surface area contributed by atoms with E-state index in [-0.39, 0.29) is 10.8 Å². The summed E-state index contributed by atoms with van der Waals surface area (Å²) in [7, 11) is 0. The van der Waals surface area contributed by atoms with Gasteiger partial charge in [0.2, 0.25) is 0 Å². The van der Waals surface area contributed by atoms with Gasteiger partial charge in [-0.1, -0.05) is 0 Å². The zero-order valence-electron chi connectivity index (χ0n) is 27.6. The summed E-state index contributed by atoms with van der Waals surface area (Å²) in [5.41, 5.74) is 12.1. The van der Waals surface area contributed by atoms with Crippen molar-refractivity contribution in [3.8, 4) is 11.1 Å². The van der Waals surface area contributed by atoms with Crippen molar-refractivity contribution in [1.29, 1.82) is 0 Å².